The van der Waals surface area contributed by atoms with Crippen molar-refractivity contribution in [3.63, 3.8) is 0 Å². The Morgan fingerprint density at radius 1 is 1.00 bits per heavy atom. The third kappa shape index (κ3) is 2.20. The van der Waals surface area contributed by atoms with Gasteiger partial charge in [-0.1, -0.05) is 0 Å². The zero-order chi connectivity index (χ0) is 9.84. The quantitative estimate of drug-likeness (QED) is 0.647. The monoisotopic (exact) mass is 190 g/mol. The predicted octanol–water partition coefficient (Wildman–Crippen LogP) is 0.450. The molecular weight excluding hydrogens is 172 g/mol. The molecule has 1 fully saturated rings. The van der Waals surface area contributed by atoms with Crippen LogP contribution in [-0.4, -0.2) is 52.4 Å². The number of ether oxygens (including phenoxy) is 4. The molecule has 0 bridgehead atoms. The minimum Gasteiger partial charge on any atom is -0.376 e. The molecule has 0 radical (unpaired) electrons. The second-order valence-electron chi connectivity index (χ2n) is 3.21. The van der Waals surface area contributed by atoms with Crippen molar-refractivity contribution in [2.24, 2.45) is 0 Å². The fraction of sp³-hybridized carbons (Fsp3) is 1.00. The van der Waals surface area contributed by atoms with Gasteiger partial charge in [0, 0.05) is 21.3 Å². The molecule has 0 aromatic rings. The third-order valence-corrected chi connectivity index (χ3v) is 2.52. The summed E-state index contributed by atoms with van der Waals surface area (Å²) < 4.78 is 21.4. The average Bonchev–Trinajstić information content (AvgIpc) is 2.17. The summed E-state index contributed by atoms with van der Waals surface area (Å²) in [6.45, 7) is 2.54. The van der Waals surface area contributed by atoms with Crippen molar-refractivity contribution in [2.45, 2.75) is 31.3 Å². The van der Waals surface area contributed by atoms with Crippen LogP contribution in [0.4, 0.5) is 0 Å². The number of hydrogen-bond donors (Lipinski definition) is 0. The Hall–Kier alpha value is -0.160. The highest BCUT2D eigenvalue weighted by atomic mass is 16.6. The second kappa shape index (κ2) is 4.91. The molecular formula is C9H18O4. The van der Waals surface area contributed by atoms with Crippen LogP contribution in [0.3, 0.4) is 0 Å². The number of rotatable bonds is 3. The van der Waals surface area contributed by atoms with Gasteiger partial charge in [-0.05, 0) is 6.92 Å². The highest BCUT2D eigenvalue weighted by Gasteiger charge is 2.39. The molecule has 1 saturated heterocycles. The fourth-order valence-electron chi connectivity index (χ4n) is 1.73. The number of hydrogen-bond acceptors (Lipinski definition) is 4. The van der Waals surface area contributed by atoms with E-state index in [2.05, 4.69) is 0 Å². The van der Waals surface area contributed by atoms with Crippen LogP contribution in [0.15, 0.2) is 0 Å². The summed E-state index contributed by atoms with van der Waals surface area (Å²) in [6.07, 6.45) is -0.0741. The highest BCUT2D eigenvalue weighted by molar-refractivity contribution is 4.87. The molecule has 0 unspecified atom stereocenters. The summed E-state index contributed by atoms with van der Waals surface area (Å²) in [4.78, 5) is 0. The molecule has 0 amide bonds. The first kappa shape index (κ1) is 10.9. The second-order valence-corrected chi connectivity index (χ2v) is 3.21. The molecule has 1 rings (SSSR count). The van der Waals surface area contributed by atoms with Gasteiger partial charge in [0.2, 0.25) is 0 Å². The van der Waals surface area contributed by atoms with E-state index in [4.69, 9.17) is 18.9 Å². The summed E-state index contributed by atoms with van der Waals surface area (Å²) in [5.41, 5.74) is 0. The smallest absolute Gasteiger partial charge is 0.114 e. The lowest BCUT2D eigenvalue weighted by Crippen LogP contribution is -2.54. The van der Waals surface area contributed by atoms with Crippen LogP contribution >= 0.6 is 0 Å². The lowest BCUT2D eigenvalue weighted by molar-refractivity contribution is -0.206. The summed E-state index contributed by atoms with van der Waals surface area (Å²) in [5.74, 6) is 0. The Bertz CT molecular complexity index is 151. The molecule has 0 N–H and O–H groups in total. The van der Waals surface area contributed by atoms with Crippen LogP contribution in [-0.2, 0) is 18.9 Å². The molecule has 1 aliphatic heterocycles. The van der Waals surface area contributed by atoms with Crippen molar-refractivity contribution >= 4 is 0 Å². The maximum atomic E-state index is 5.49. The van der Waals surface area contributed by atoms with E-state index in [0.717, 1.165) is 0 Å². The SMILES string of the molecule is CO[C@@H]1[C@@H](OC)[C@H](OC)CO[C@@H]1C. The minimum absolute atomic E-state index is 0.0360. The van der Waals surface area contributed by atoms with Crippen molar-refractivity contribution in [3.05, 3.63) is 0 Å². The van der Waals surface area contributed by atoms with Crippen molar-refractivity contribution in [1.82, 2.24) is 0 Å². The average molecular weight is 190 g/mol. The lowest BCUT2D eigenvalue weighted by atomic mass is 10.0. The Balaban J connectivity index is 2.64. The van der Waals surface area contributed by atoms with Crippen LogP contribution in [0.5, 0.6) is 0 Å². The van der Waals surface area contributed by atoms with Crippen molar-refractivity contribution in [3.8, 4) is 0 Å². The molecule has 1 heterocycles. The molecule has 1 aliphatic rings. The predicted molar refractivity (Wildman–Crippen MR) is 47.8 cm³/mol. The van der Waals surface area contributed by atoms with Gasteiger partial charge in [-0.25, -0.2) is 0 Å². The Morgan fingerprint density at radius 3 is 2.08 bits per heavy atom. The van der Waals surface area contributed by atoms with E-state index < -0.39 is 0 Å². The molecule has 0 spiro atoms. The Morgan fingerprint density at radius 2 is 1.62 bits per heavy atom. The van der Waals surface area contributed by atoms with Gasteiger partial charge in [0.1, 0.15) is 18.3 Å². The van der Waals surface area contributed by atoms with E-state index in [0.29, 0.717) is 6.61 Å². The van der Waals surface area contributed by atoms with Crippen molar-refractivity contribution in [1.29, 1.82) is 0 Å². The van der Waals surface area contributed by atoms with E-state index in [-0.39, 0.29) is 24.4 Å². The third-order valence-electron chi connectivity index (χ3n) is 2.52. The Kier molecular flexibility index (Phi) is 4.12. The molecule has 4 atom stereocenters. The summed E-state index contributed by atoms with van der Waals surface area (Å²) in [7, 11) is 4.98. The largest absolute Gasteiger partial charge is 0.376 e. The first-order valence-electron chi connectivity index (χ1n) is 4.44. The first-order chi connectivity index (χ1) is 6.24. The fourth-order valence-corrected chi connectivity index (χ4v) is 1.73. The first-order valence-corrected chi connectivity index (χ1v) is 4.44. The van der Waals surface area contributed by atoms with Crippen LogP contribution in [0.25, 0.3) is 0 Å². The van der Waals surface area contributed by atoms with Crippen LogP contribution in [0, 0.1) is 0 Å². The normalized spacial score (nSPS) is 40.6. The maximum Gasteiger partial charge on any atom is 0.114 e. The van der Waals surface area contributed by atoms with E-state index in [1.165, 1.54) is 0 Å². The van der Waals surface area contributed by atoms with Gasteiger partial charge in [-0.3, -0.25) is 0 Å². The van der Waals surface area contributed by atoms with Gasteiger partial charge < -0.3 is 18.9 Å². The van der Waals surface area contributed by atoms with Gasteiger partial charge >= 0.3 is 0 Å². The van der Waals surface area contributed by atoms with Gasteiger partial charge in [-0.2, -0.15) is 0 Å². The zero-order valence-corrected chi connectivity index (χ0v) is 8.65. The molecule has 13 heavy (non-hydrogen) atoms. The molecule has 4 heteroatoms. The van der Waals surface area contributed by atoms with Crippen molar-refractivity contribution in [2.75, 3.05) is 27.9 Å². The summed E-state index contributed by atoms with van der Waals surface area (Å²) >= 11 is 0. The lowest BCUT2D eigenvalue weighted by Gasteiger charge is -2.39. The van der Waals surface area contributed by atoms with Gasteiger partial charge in [0.05, 0.1) is 12.7 Å². The van der Waals surface area contributed by atoms with Gasteiger partial charge in [-0.15, -0.1) is 0 Å². The zero-order valence-electron chi connectivity index (χ0n) is 8.65. The highest BCUT2D eigenvalue weighted by Crippen LogP contribution is 2.21. The van der Waals surface area contributed by atoms with Crippen LogP contribution < -0.4 is 0 Å². The maximum absolute atomic E-state index is 5.49. The minimum atomic E-state index is -0.0521. The molecule has 0 aromatic carbocycles. The van der Waals surface area contributed by atoms with Crippen LogP contribution in [0.1, 0.15) is 6.92 Å². The molecule has 0 saturated carbocycles. The van der Waals surface area contributed by atoms with E-state index in [1.54, 1.807) is 21.3 Å². The standard InChI is InChI=1S/C9H18O4/c1-6-8(11-3)9(12-4)7(10-2)5-13-6/h6-9H,5H2,1-4H3/t6-,7-,8+,9+/m1/s1. The molecule has 4 nitrogen and oxygen atoms in total. The molecule has 0 aromatic heterocycles. The molecule has 78 valence electrons. The van der Waals surface area contributed by atoms with E-state index in [9.17, 15) is 0 Å². The van der Waals surface area contributed by atoms with Gasteiger partial charge in [0.25, 0.3) is 0 Å². The van der Waals surface area contributed by atoms with Crippen molar-refractivity contribution < 1.29 is 18.9 Å². The summed E-state index contributed by atoms with van der Waals surface area (Å²) in [5, 5.41) is 0. The van der Waals surface area contributed by atoms with Crippen LogP contribution in [0.2, 0.25) is 0 Å². The number of methoxy groups -OCH3 is 3. The van der Waals surface area contributed by atoms with E-state index in [1.807, 2.05) is 6.92 Å². The molecule has 0 aliphatic carbocycles. The van der Waals surface area contributed by atoms with Gasteiger partial charge in [0.15, 0.2) is 0 Å². The Labute approximate surface area is 79.1 Å². The van der Waals surface area contributed by atoms with E-state index >= 15 is 0 Å². The topological polar surface area (TPSA) is 36.9 Å². The summed E-state index contributed by atoms with van der Waals surface area (Å²) in [6, 6.07) is 0.